The van der Waals surface area contributed by atoms with Crippen molar-refractivity contribution in [1.82, 2.24) is 5.32 Å². The molecule has 0 aliphatic heterocycles. The van der Waals surface area contributed by atoms with Gasteiger partial charge in [0.2, 0.25) is 0 Å². The Morgan fingerprint density at radius 2 is 0.714 bits per heavy atom. The standard InChI is InChI=1S/C32H68N2O/c1-2-3-4-5-6-7-8-9-10-11-12-13-14-15-16-17-18-19-20-21-22-23-24-25-26-27-29-34-30-32-35-31-28-33/h34H,2-33H2,1H3. The van der Waals surface area contributed by atoms with Crippen LogP contribution in [0.4, 0.5) is 0 Å². The third kappa shape index (κ3) is 33.9. The van der Waals surface area contributed by atoms with E-state index in [1.807, 2.05) is 0 Å². The van der Waals surface area contributed by atoms with Crippen LogP contribution in [0.25, 0.3) is 0 Å². The molecule has 0 bridgehead atoms. The number of unbranched alkanes of at least 4 members (excludes halogenated alkanes) is 25. The van der Waals surface area contributed by atoms with Gasteiger partial charge < -0.3 is 15.8 Å². The van der Waals surface area contributed by atoms with Gasteiger partial charge in [-0.2, -0.15) is 0 Å². The fourth-order valence-electron chi connectivity index (χ4n) is 5.02. The first kappa shape index (κ1) is 34.9. The molecular weight excluding hydrogens is 428 g/mol. The molecule has 0 aromatic carbocycles. The van der Waals surface area contributed by atoms with Gasteiger partial charge in [-0.15, -0.1) is 0 Å². The molecule has 0 spiro atoms. The zero-order valence-corrected chi connectivity index (χ0v) is 24.4. The van der Waals surface area contributed by atoms with E-state index in [2.05, 4.69) is 12.2 Å². The molecular formula is C32H68N2O. The zero-order chi connectivity index (χ0) is 25.3. The monoisotopic (exact) mass is 497 g/mol. The van der Waals surface area contributed by atoms with Crippen LogP contribution >= 0.6 is 0 Å². The Kier molecular flexibility index (Phi) is 33.8. The summed E-state index contributed by atoms with van der Waals surface area (Å²) in [6.07, 6.45) is 37.8. The summed E-state index contributed by atoms with van der Waals surface area (Å²) in [4.78, 5) is 0. The molecule has 0 heterocycles. The minimum Gasteiger partial charge on any atom is -0.379 e. The van der Waals surface area contributed by atoms with E-state index in [0.717, 1.165) is 19.7 Å². The quantitative estimate of drug-likeness (QED) is 0.0911. The lowest BCUT2D eigenvalue weighted by molar-refractivity contribution is 0.143. The highest BCUT2D eigenvalue weighted by Gasteiger charge is 1.96. The molecule has 3 N–H and O–H groups in total. The second kappa shape index (κ2) is 33.9. The Balaban J connectivity index is 3.00. The minimum absolute atomic E-state index is 0.625. The lowest BCUT2D eigenvalue weighted by atomic mass is 10.0. The predicted octanol–water partition coefficient (Wildman–Crippen LogP) is 9.71. The van der Waals surface area contributed by atoms with Crippen molar-refractivity contribution in [3.05, 3.63) is 0 Å². The Morgan fingerprint density at radius 3 is 1.03 bits per heavy atom. The smallest absolute Gasteiger partial charge is 0.0591 e. The molecule has 0 aliphatic carbocycles. The number of hydrogen-bond acceptors (Lipinski definition) is 3. The highest BCUT2D eigenvalue weighted by molar-refractivity contribution is 4.53. The van der Waals surface area contributed by atoms with Gasteiger partial charge in [0.1, 0.15) is 0 Å². The molecule has 35 heavy (non-hydrogen) atoms. The number of hydrogen-bond donors (Lipinski definition) is 2. The maximum Gasteiger partial charge on any atom is 0.0591 e. The fraction of sp³-hybridized carbons (Fsp3) is 1.00. The molecule has 0 saturated carbocycles. The van der Waals surface area contributed by atoms with Gasteiger partial charge in [0.15, 0.2) is 0 Å². The van der Waals surface area contributed by atoms with Crippen molar-refractivity contribution in [2.45, 2.75) is 174 Å². The molecule has 0 saturated heterocycles. The van der Waals surface area contributed by atoms with E-state index in [-0.39, 0.29) is 0 Å². The lowest BCUT2D eigenvalue weighted by Crippen LogP contribution is -2.22. The molecule has 212 valence electrons. The third-order valence-corrected chi connectivity index (χ3v) is 7.39. The van der Waals surface area contributed by atoms with Crippen molar-refractivity contribution >= 4 is 0 Å². The Morgan fingerprint density at radius 1 is 0.400 bits per heavy atom. The maximum absolute atomic E-state index is 5.40. The van der Waals surface area contributed by atoms with Gasteiger partial charge in [0.25, 0.3) is 0 Å². The van der Waals surface area contributed by atoms with Crippen molar-refractivity contribution in [2.75, 3.05) is 32.8 Å². The minimum atomic E-state index is 0.625. The average Bonchev–Trinajstić information content (AvgIpc) is 2.87. The average molecular weight is 497 g/mol. The van der Waals surface area contributed by atoms with Crippen LogP contribution in [0.2, 0.25) is 0 Å². The SMILES string of the molecule is CCCCCCCCCCCCCCCCCCCCCCCCCCCCNCCOCCN. The van der Waals surface area contributed by atoms with E-state index in [4.69, 9.17) is 10.5 Å². The van der Waals surface area contributed by atoms with E-state index < -0.39 is 0 Å². The molecule has 3 nitrogen and oxygen atoms in total. The van der Waals surface area contributed by atoms with Crippen LogP contribution in [0.5, 0.6) is 0 Å². The number of nitrogens with two attached hydrogens (primary N) is 1. The summed E-state index contributed by atoms with van der Waals surface area (Å²) in [5, 5.41) is 3.45. The van der Waals surface area contributed by atoms with Crippen molar-refractivity contribution < 1.29 is 4.74 Å². The predicted molar refractivity (Wildman–Crippen MR) is 158 cm³/mol. The summed E-state index contributed by atoms with van der Waals surface area (Å²) in [6, 6.07) is 0. The van der Waals surface area contributed by atoms with Gasteiger partial charge in [-0.1, -0.05) is 167 Å². The number of nitrogens with one attached hydrogen (secondary N) is 1. The van der Waals surface area contributed by atoms with Crippen LogP contribution in [0.1, 0.15) is 174 Å². The maximum atomic E-state index is 5.40. The van der Waals surface area contributed by atoms with E-state index in [1.165, 1.54) is 167 Å². The summed E-state index contributed by atoms with van der Waals surface area (Å²) in [5.74, 6) is 0. The van der Waals surface area contributed by atoms with E-state index in [9.17, 15) is 0 Å². The van der Waals surface area contributed by atoms with Crippen LogP contribution in [0.3, 0.4) is 0 Å². The van der Waals surface area contributed by atoms with Crippen molar-refractivity contribution in [1.29, 1.82) is 0 Å². The Hall–Kier alpha value is -0.120. The topological polar surface area (TPSA) is 47.3 Å². The molecule has 0 unspecified atom stereocenters. The Bertz CT molecular complexity index is 318. The number of ether oxygens (including phenoxy) is 1. The first-order valence-electron chi connectivity index (χ1n) is 16.4. The van der Waals surface area contributed by atoms with Gasteiger partial charge in [0.05, 0.1) is 13.2 Å². The second-order valence-electron chi connectivity index (χ2n) is 11.0. The molecule has 3 heteroatoms. The van der Waals surface area contributed by atoms with E-state index >= 15 is 0 Å². The molecule has 0 aromatic rings. The van der Waals surface area contributed by atoms with Gasteiger partial charge >= 0.3 is 0 Å². The summed E-state index contributed by atoms with van der Waals surface area (Å²) in [7, 11) is 0. The van der Waals surface area contributed by atoms with E-state index in [0.29, 0.717) is 13.2 Å². The van der Waals surface area contributed by atoms with Gasteiger partial charge in [-0.05, 0) is 13.0 Å². The zero-order valence-electron chi connectivity index (χ0n) is 24.4. The van der Waals surface area contributed by atoms with Crippen molar-refractivity contribution in [2.24, 2.45) is 5.73 Å². The summed E-state index contributed by atoms with van der Waals surface area (Å²) in [5.41, 5.74) is 5.40. The molecule has 0 rings (SSSR count). The van der Waals surface area contributed by atoms with Gasteiger partial charge in [0, 0.05) is 13.1 Å². The molecule has 0 aliphatic rings. The van der Waals surface area contributed by atoms with Crippen LogP contribution in [0, 0.1) is 0 Å². The Labute approximate surface area is 222 Å². The van der Waals surface area contributed by atoms with Crippen LogP contribution in [-0.2, 0) is 4.74 Å². The normalized spacial score (nSPS) is 11.5. The van der Waals surface area contributed by atoms with E-state index in [1.54, 1.807) is 0 Å². The van der Waals surface area contributed by atoms with Crippen molar-refractivity contribution in [3.8, 4) is 0 Å². The number of rotatable bonds is 32. The largest absolute Gasteiger partial charge is 0.379 e. The molecule has 0 atom stereocenters. The van der Waals surface area contributed by atoms with Crippen molar-refractivity contribution in [3.63, 3.8) is 0 Å². The third-order valence-electron chi connectivity index (χ3n) is 7.39. The summed E-state index contributed by atoms with van der Waals surface area (Å²) < 4.78 is 5.36. The fourth-order valence-corrected chi connectivity index (χ4v) is 5.02. The summed E-state index contributed by atoms with van der Waals surface area (Å²) in [6.45, 7) is 6.49. The first-order chi connectivity index (χ1) is 17.4. The molecule has 0 amide bonds. The summed E-state index contributed by atoms with van der Waals surface area (Å²) >= 11 is 0. The van der Waals surface area contributed by atoms with Gasteiger partial charge in [-0.25, -0.2) is 0 Å². The lowest BCUT2D eigenvalue weighted by Gasteiger charge is -2.06. The van der Waals surface area contributed by atoms with Crippen LogP contribution < -0.4 is 11.1 Å². The first-order valence-corrected chi connectivity index (χ1v) is 16.4. The second-order valence-corrected chi connectivity index (χ2v) is 11.0. The van der Waals surface area contributed by atoms with Crippen LogP contribution in [0.15, 0.2) is 0 Å². The highest BCUT2D eigenvalue weighted by Crippen LogP contribution is 2.15. The molecule has 0 aromatic heterocycles. The molecule has 0 fully saturated rings. The highest BCUT2D eigenvalue weighted by atomic mass is 16.5. The van der Waals surface area contributed by atoms with Crippen LogP contribution in [-0.4, -0.2) is 32.8 Å². The van der Waals surface area contributed by atoms with Gasteiger partial charge in [-0.3, -0.25) is 0 Å². The molecule has 0 radical (unpaired) electrons.